The number of amidine groups is 1. The Balaban J connectivity index is 1.37. The highest BCUT2D eigenvalue weighted by molar-refractivity contribution is 8.17. The van der Waals surface area contributed by atoms with Gasteiger partial charge in [0.05, 0.1) is 5.04 Å². The van der Waals surface area contributed by atoms with Crippen molar-refractivity contribution in [3.05, 3.63) is 39.8 Å². The number of allylic oxidation sites excluding steroid dienone is 1. The summed E-state index contributed by atoms with van der Waals surface area (Å²) in [6.07, 6.45) is 4.92. The molecule has 1 aliphatic carbocycles. The summed E-state index contributed by atoms with van der Waals surface area (Å²) < 4.78 is 0. The van der Waals surface area contributed by atoms with E-state index in [0.29, 0.717) is 23.0 Å². The third kappa shape index (κ3) is 3.62. The predicted octanol–water partition coefficient (Wildman–Crippen LogP) is 4.59. The van der Waals surface area contributed by atoms with E-state index in [0.717, 1.165) is 24.3 Å². The van der Waals surface area contributed by atoms with Crippen molar-refractivity contribution >= 4 is 51.7 Å². The zero-order valence-corrected chi connectivity index (χ0v) is 15.7. The Labute approximate surface area is 161 Å². The highest BCUT2D eigenvalue weighted by atomic mass is 35.5. The second kappa shape index (κ2) is 7.37. The molecule has 2 aliphatic heterocycles. The largest absolute Gasteiger partial charge is 0.326 e. The Hall–Kier alpha value is -1.92. The van der Waals surface area contributed by atoms with Crippen molar-refractivity contribution in [2.75, 3.05) is 5.32 Å². The molecule has 134 valence electrons. The first-order chi connectivity index (χ1) is 12.6. The van der Waals surface area contributed by atoms with Crippen LogP contribution in [0.1, 0.15) is 38.5 Å². The SMILES string of the molecule is O=C(CCC1=NC(=O)C2C(=N1)SC1=C2CCCC1)Nc1ccc(Cl)cc1. The number of aliphatic imine (C=N–C) groups is 2. The second-order valence-electron chi connectivity index (χ2n) is 6.56. The minimum Gasteiger partial charge on any atom is -0.326 e. The van der Waals surface area contributed by atoms with Gasteiger partial charge in [-0.3, -0.25) is 9.59 Å². The number of hydrogen-bond acceptors (Lipinski definition) is 4. The fourth-order valence-corrected chi connectivity index (χ4v) is 4.92. The standard InChI is InChI=1S/C19H18ClN3O2S/c20-11-5-7-12(8-6-11)21-16(24)10-9-15-22-18(25)17-13-3-1-2-4-14(13)26-19(17)23-15/h5-8,17H,1-4,9-10H2,(H,21,24). The zero-order chi connectivity index (χ0) is 18.1. The number of hydrogen-bond donors (Lipinski definition) is 1. The maximum Gasteiger partial charge on any atom is 0.261 e. The van der Waals surface area contributed by atoms with Crippen molar-refractivity contribution in [2.45, 2.75) is 38.5 Å². The number of carbonyl (C=O) groups excluding carboxylic acids is 2. The molecule has 7 heteroatoms. The molecule has 26 heavy (non-hydrogen) atoms. The van der Waals surface area contributed by atoms with Crippen LogP contribution in [0.2, 0.25) is 5.02 Å². The van der Waals surface area contributed by atoms with Gasteiger partial charge in [0.25, 0.3) is 5.91 Å². The molecule has 0 bridgehead atoms. The van der Waals surface area contributed by atoms with Crippen molar-refractivity contribution in [3.63, 3.8) is 0 Å². The van der Waals surface area contributed by atoms with Crippen LogP contribution in [0, 0.1) is 5.92 Å². The van der Waals surface area contributed by atoms with Crippen molar-refractivity contribution in [1.29, 1.82) is 0 Å². The lowest BCUT2D eigenvalue weighted by atomic mass is 9.89. The Bertz CT molecular complexity index is 858. The molecule has 1 atom stereocenters. The lowest BCUT2D eigenvalue weighted by Crippen LogP contribution is -2.26. The van der Waals surface area contributed by atoms with E-state index in [-0.39, 0.29) is 24.2 Å². The van der Waals surface area contributed by atoms with Crippen LogP contribution >= 0.6 is 23.4 Å². The van der Waals surface area contributed by atoms with E-state index in [1.54, 1.807) is 36.0 Å². The summed E-state index contributed by atoms with van der Waals surface area (Å²) in [7, 11) is 0. The molecule has 2 heterocycles. The summed E-state index contributed by atoms with van der Waals surface area (Å²) in [5.41, 5.74) is 1.92. The first-order valence-electron chi connectivity index (χ1n) is 8.75. The Morgan fingerprint density at radius 1 is 1.19 bits per heavy atom. The van der Waals surface area contributed by atoms with E-state index in [2.05, 4.69) is 15.3 Å². The van der Waals surface area contributed by atoms with Gasteiger partial charge in [-0.15, -0.1) is 0 Å². The quantitative estimate of drug-likeness (QED) is 0.821. The molecular weight excluding hydrogens is 370 g/mol. The number of anilines is 1. The summed E-state index contributed by atoms with van der Waals surface area (Å²) in [4.78, 5) is 34.6. The monoisotopic (exact) mass is 387 g/mol. The summed E-state index contributed by atoms with van der Waals surface area (Å²) in [6.45, 7) is 0. The summed E-state index contributed by atoms with van der Waals surface area (Å²) in [6, 6.07) is 6.94. The molecule has 1 N–H and O–H groups in total. The van der Waals surface area contributed by atoms with Gasteiger partial charge in [0.2, 0.25) is 5.91 Å². The fourth-order valence-electron chi connectivity index (χ4n) is 3.44. The summed E-state index contributed by atoms with van der Waals surface area (Å²) >= 11 is 7.47. The first-order valence-corrected chi connectivity index (χ1v) is 9.95. The number of thioether (sulfide) groups is 1. The minimum absolute atomic E-state index is 0.123. The number of nitrogens with zero attached hydrogens (tertiary/aromatic N) is 2. The number of carbonyl (C=O) groups is 2. The maximum atomic E-state index is 12.5. The van der Waals surface area contributed by atoms with E-state index >= 15 is 0 Å². The molecule has 4 rings (SSSR count). The maximum absolute atomic E-state index is 12.5. The van der Waals surface area contributed by atoms with Gasteiger partial charge in [-0.05, 0) is 60.4 Å². The molecule has 1 aromatic rings. The molecule has 2 amide bonds. The van der Waals surface area contributed by atoms with Crippen molar-refractivity contribution in [1.82, 2.24) is 0 Å². The third-order valence-electron chi connectivity index (χ3n) is 4.71. The summed E-state index contributed by atoms with van der Waals surface area (Å²) in [5.74, 6) is -0.0504. The van der Waals surface area contributed by atoms with Crippen LogP contribution in [0.4, 0.5) is 5.69 Å². The topological polar surface area (TPSA) is 70.9 Å². The molecule has 0 radical (unpaired) electrons. The van der Waals surface area contributed by atoms with Gasteiger partial charge >= 0.3 is 0 Å². The van der Waals surface area contributed by atoms with Gasteiger partial charge < -0.3 is 5.32 Å². The highest BCUT2D eigenvalue weighted by Crippen LogP contribution is 2.47. The minimum atomic E-state index is -0.248. The lowest BCUT2D eigenvalue weighted by molar-refractivity contribution is -0.119. The van der Waals surface area contributed by atoms with Crippen LogP contribution in [-0.4, -0.2) is 22.7 Å². The van der Waals surface area contributed by atoms with Gasteiger partial charge in [0, 0.05) is 23.6 Å². The summed E-state index contributed by atoms with van der Waals surface area (Å²) in [5, 5.41) is 4.28. The number of rotatable bonds is 4. The predicted molar refractivity (Wildman–Crippen MR) is 106 cm³/mol. The van der Waals surface area contributed by atoms with Crippen molar-refractivity contribution in [3.8, 4) is 0 Å². The molecular formula is C19H18ClN3O2S. The fraction of sp³-hybridized carbons (Fsp3) is 0.368. The average Bonchev–Trinajstić information content (AvgIpc) is 3.01. The van der Waals surface area contributed by atoms with Crippen LogP contribution < -0.4 is 5.32 Å². The highest BCUT2D eigenvalue weighted by Gasteiger charge is 2.40. The van der Waals surface area contributed by atoms with Crippen molar-refractivity contribution in [2.24, 2.45) is 15.9 Å². The molecule has 1 unspecified atom stereocenters. The number of halogens is 1. The van der Waals surface area contributed by atoms with E-state index in [4.69, 9.17) is 11.6 Å². The molecule has 0 aromatic heterocycles. The second-order valence-corrected chi connectivity index (χ2v) is 8.11. The number of benzene rings is 1. The van der Waals surface area contributed by atoms with Gasteiger partial charge in [0.1, 0.15) is 11.8 Å². The molecule has 5 nitrogen and oxygen atoms in total. The molecule has 0 saturated heterocycles. The first kappa shape index (κ1) is 17.5. The third-order valence-corrected chi connectivity index (χ3v) is 6.21. The zero-order valence-electron chi connectivity index (χ0n) is 14.1. The van der Waals surface area contributed by atoms with Gasteiger partial charge in [-0.2, -0.15) is 4.99 Å². The average molecular weight is 388 g/mol. The normalized spacial score (nSPS) is 21.7. The lowest BCUT2D eigenvalue weighted by Gasteiger charge is -2.18. The van der Waals surface area contributed by atoms with E-state index < -0.39 is 0 Å². The number of fused-ring (bicyclic) bond motifs is 2. The number of amides is 2. The molecule has 1 aromatic carbocycles. The van der Waals surface area contributed by atoms with Crippen molar-refractivity contribution < 1.29 is 9.59 Å². The number of nitrogens with one attached hydrogen (secondary N) is 1. The smallest absolute Gasteiger partial charge is 0.261 e. The van der Waals surface area contributed by atoms with Crippen LogP contribution in [0.3, 0.4) is 0 Å². The molecule has 0 fully saturated rings. The van der Waals surface area contributed by atoms with Crippen LogP contribution in [0.25, 0.3) is 0 Å². The Morgan fingerprint density at radius 2 is 1.96 bits per heavy atom. The van der Waals surface area contributed by atoms with Crippen LogP contribution in [0.15, 0.2) is 44.7 Å². The molecule has 0 spiro atoms. The molecule has 0 saturated carbocycles. The van der Waals surface area contributed by atoms with Crippen LogP contribution in [-0.2, 0) is 9.59 Å². The molecule has 3 aliphatic rings. The Kier molecular flexibility index (Phi) is 4.96. The van der Waals surface area contributed by atoms with Crippen LogP contribution in [0.5, 0.6) is 0 Å². The van der Waals surface area contributed by atoms with Gasteiger partial charge in [-0.1, -0.05) is 23.4 Å². The van der Waals surface area contributed by atoms with E-state index in [1.165, 1.54) is 16.9 Å². The van der Waals surface area contributed by atoms with E-state index in [1.807, 2.05) is 0 Å². The van der Waals surface area contributed by atoms with E-state index in [9.17, 15) is 9.59 Å². The van der Waals surface area contributed by atoms with Gasteiger partial charge in [-0.25, -0.2) is 4.99 Å². The van der Waals surface area contributed by atoms with Gasteiger partial charge in [0.15, 0.2) is 0 Å². The Morgan fingerprint density at radius 3 is 2.77 bits per heavy atom.